The molecule has 0 bridgehead atoms. The van der Waals surface area contributed by atoms with Crippen molar-refractivity contribution in [2.75, 3.05) is 6.54 Å². The molecule has 98 valence electrons. The molecular formula is C13H16ClNO2S. The molecule has 1 aromatic carbocycles. The second-order valence-corrected chi connectivity index (χ2v) is 7.45. The van der Waals surface area contributed by atoms with Crippen molar-refractivity contribution in [2.24, 2.45) is 5.92 Å². The third kappa shape index (κ3) is 2.17. The van der Waals surface area contributed by atoms with Crippen LogP contribution in [0.15, 0.2) is 29.2 Å². The monoisotopic (exact) mass is 285 g/mol. The van der Waals surface area contributed by atoms with Crippen molar-refractivity contribution < 1.29 is 8.42 Å². The molecule has 1 saturated carbocycles. The van der Waals surface area contributed by atoms with Crippen molar-refractivity contribution in [3.63, 3.8) is 0 Å². The molecule has 3 nitrogen and oxygen atoms in total. The molecule has 2 aliphatic rings. The summed E-state index contributed by atoms with van der Waals surface area (Å²) in [6, 6.07) is 6.78. The minimum Gasteiger partial charge on any atom is -0.207 e. The van der Waals surface area contributed by atoms with Gasteiger partial charge in [0, 0.05) is 17.6 Å². The van der Waals surface area contributed by atoms with E-state index in [0.717, 1.165) is 12.8 Å². The summed E-state index contributed by atoms with van der Waals surface area (Å²) in [5.41, 5.74) is 0. The van der Waals surface area contributed by atoms with Crippen LogP contribution in [0.2, 0.25) is 5.02 Å². The molecule has 0 N–H and O–H groups in total. The Morgan fingerprint density at radius 2 is 2.00 bits per heavy atom. The molecule has 1 atom stereocenters. The number of hydrogen-bond acceptors (Lipinski definition) is 2. The maximum absolute atomic E-state index is 12.6. The number of halogens is 1. The van der Waals surface area contributed by atoms with Gasteiger partial charge in [-0.05, 0) is 49.8 Å². The Morgan fingerprint density at radius 3 is 2.67 bits per heavy atom. The first-order valence-corrected chi connectivity index (χ1v) is 8.18. The summed E-state index contributed by atoms with van der Waals surface area (Å²) in [4.78, 5) is 0.322. The van der Waals surface area contributed by atoms with E-state index in [1.165, 1.54) is 12.8 Å². The van der Waals surface area contributed by atoms with E-state index in [2.05, 4.69) is 0 Å². The average Bonchev–Trinajstić information content (AvgIpc) is 3.06. The molecule has 1 aliphatic heterocycles. The van der Waals surface area contributed by atoms with Gasteiger partial charge in [-0.25, -0.2) is 8.42 Å². The van der Waals surface area contributed by atoms with E-state index in [4.69, 9.17) is 11.6 Å². The third-order valence-electron chi connectivity index (χ3n) is 3.82. The molecular weight excluding hydrogens is 270 g/mol. The highest BCUT2D eigenvalue weighted by molar-refractivity contribution is 7.89. The lowest BCUT2D eigenvalue weighted by Gasteiger charge is -2.24. The van der Waals surface area contributed by atoms with Crippen LogP contribution in [0.1, 0.15) is 25.7 Å². The number of hydrogen-bond donors (Lipinski definition) is 0. The fourth-order valence-corrected chi connectivity index (χ4v) is 4.83. The van der Waals surface area contributed by atoms with Crippen LogP contribution in [0.25, 0.3) is 0 Å². The lowest BCUT2D eigenvalue weighted by molar-refractivity contribution is 0.356. The predicted octanol–water partition coefficient (Wildman–Crippen LogP) is 2.90. The van der Waals surface area contributed by atoms with Crippen LogP contribution in [-0.4, -0.2) is 25.3 Å². The van der Waals surface area contributed by atoms with E-state index in [1.807, 2.05) is 0 Å². The summed E-state index contributed by atoms with van der Waals surface area (Å²) >= 11 is 5.89. The van der Waals surface area contributed by atoms with Crippen molar-refractivity contribution in [2.45, 2.75) is 36.6 Å². The molecule has 5 heteroatoms. The highest BCUT2D eigenvalue weighted by Gasteiger charge is 2.43. The first-order valence-electron chi connectivity index (χ1n) is 6.36. The van der Waals surface area contributed by atoms with Gasteiger partial charge < -0.3 is 0 Å². The van der Waals surface area contributed by atoms with Crippen LogP contribution in [0.5, 0.6) is 0 Å². The van der Waals surface area contributed by atoms with Crippen molar-refractivity contribution >= 4 is 21.6 Å². The molecule has 1 aliphatic carbocycles. The van der Waals surface area contributed by atoms with Gasteiger partial charge in [-0.1, -0.05) is 17.7 Å². The number of rotatable bonds is 3. The summed E-state index contributed by atoms with van der Waals surface area (Å²) < 4.78 is 26.9. The Hall–Kier alpha value is -0.580. The standard InChI is InChI=1S/C13H16ClNO2S/c14-11-3-1-4-12(9-11)18(16,17)15-8-2-5-13(15)10-6-7-10/h1,3-4,9-10,13H,2,5-8H2. The first kappa shape index (κ1) is 12.5. The SMILES string of the molecule is O=S(=O)(c1cccc(Cl)c1)N1CCCC1C1CC1. The highest BCUT2D eigenvalue weighted by Crippen LogP contribution is 2.42. The Balaban J connectivity index is 1.94. The topological polar surface area (TPSA) is 37.4 Å². The van der Waals surface area contributed by atoms with Gasteiger partial charge in [0.25, 0.3) is 0 Å². The van der Waals surface area contributed by atoms with Gasteiger partial charge in [-0.2, -0.15) is 4.31 Å². The summed E-state index contributed by atoms with van der Waals surface area (Å²) in [7, 11) is -3.37. The smallest absolute Gasteiger partial charge is 0.207 e. The van der Waals surface area contributed by atoms with Gasteiger partial charge in [-0.15, -0.1) is 0 Å². The zero-order valence-corrected chi connectivity index (χ0v) is 11.6. The van der Waals surface area contributed by atoms with E-state index >= 15 is 0 Å². The molecule has 1 saturated heterocycles. The van der Waals surface area contributed by atoms with E-state index < -0.39 is 10.0 Å². The normalized spacial score (nSPS) is 25.5. The van der Waals surface area contributed by atoms with Crippen LogP contribution in [-0.2, 0) is 10.0 Å². The lowest BCUT2D eigenvalue weighted by atomic mass is 10.1. The zero-order valence-electron chi connectivity index (χ0n) is 10.0. The Bertz CT molecular complexity index is 554. The van der Waals surface area contributed by atoms with Gasteiger partial charge in [0.1, 0.15) is 0 Å². The van der Waals surface area contributed by atoms with E-state index in [1.54, 1.807) is 28.6 Å². The number of benzene rings is 1. The molecule has 2 fully saturated rings. The zero-order chi connectivity index (χ0) is 12.8. The second kappa shape index (κ2) is 4.51. The molecule has 0 radical (unpaired) electrons. The minimum absolute atomic E-state index is 0.217. The largest absolute Gasteiger partial charge is 0.243 e. The van der Waals surface area contributed by atoms with Crippen molar-refractivity contribution in [1.29, 1.82) is 0 Å². The van der Waals surface area contributed by atoms with Gasteiger partial charge in [-0.3, -0.25) is 0 Å². The number of sulfonamides is 1. The fourth-order valence-electron chi connectivity index (χ4n) is 2.78. The van der Waals surface area contributed by atoms with Crippen LogP contribution in [0.4, 0.5) is 0 Å². The summed E-state index contributed by atoms with van der Waals surface area (Å²) in [6.07, 6.45) is 4.32. The Labute approximate surface area is 113 Å². The first-order chi connectivity index (χ1) is 8.59. The fraction of sp³-hybridized carbons (Fsp3) is 0.538. The summed E-state index contributed by atoms with van der Waals surface area (Å²) in [6.45, 7) is 0.649. The number of nitrogens with zero attached hydrogens (tertiary/aromatic N) is 1. The van der Waals surface area contributed by atoms with Crippen LogP contribution in [0, 0.1) is 5.92 Å². The molecule has 3 rings (SSSR count). The second-order valence-electron chi connectivity index (χ2n) is 5.12. The molecule has 1 unspecified atom stereocenters. The molecule has 18 heavy (non-hydrogen) atoms. The summed E-state index contributed by atoms with van der Waals surface area (Å²) in [5, 5.41) is 0.471. The van der Waals surface area contributed by atoms with Gasteiger partial charge in [0.15, 0.2) is 0 Å². The van der Waals surface area contributed by atoms with E-state index in [9.17, 15) is 8.42 Å². The molecule has 0 aromatic heterocycles. The molecule has 1 heterocycles. The van der Waals surface area contributed by atoms with Gasteiger partial charge in [0.2, 0.25) is 10.0 Å². The van der Waals surface area contributed by atoms with Crippen molar-refractivity contribution in [3.8, 4) is 0 Å². The third-order valence-corrected chi connectivity index (χ3v) is 5.97. The van der Waals surface area contributed by atoms with E-state index in [0.29, 0.717) is 22.4 Å². The van der Waals surface area contributed by atoms with Crippen LogP contribution < -0.4 is 0 Å². The quantitative estimate of drug-likeness (QED) is 0.856. The minimum atomic E-state index is -3.37. The Morgan fingerprint density at radius 1 is 1.22 bits per heavy atom. The van der Waals surface area contributed by atoms with Gasteiger partial charge >= 0.3 is 0 Å². The summed E-state index contributed by atoms with van der Waals surface area (Å²) in [5.74, 6) is 0.585. The van der Waals surface area contributed by atoms with Gasteiger partial charge in [0.05, 0.1) is 4.90 Å². The van der Waals surface area contributed by atoms with Crippen molar-refractivity contribution in [3.05, 3.63) is 29.3 Å². The average molecular weight is 286 g/mol. The maximum atomic E-state index is 12.6. The maximum Gasteiger partial charge on any atom is 0.243 e. The molecule has 0 amide bonds. The molecule has 1 aromatic rings. The highest BCUT2D eigenvalue weighted by atomic mass is 35.5. The van der Waals surface area contributed by atoms with Crippen molar-refractivity contribution in [1.82, 2.24) is 4.31 Å². The van der Waals surface area contributed by atoms with Crippen LogP contribution >= 0.6 is 11.6 Å². The van der Waals surface area contributed by atoms with E-state index in [-0.39, 0.29) is 6.04 Å². The van der Waals surface area contributed by atoms with Crippen LogP contribution in [0.3, 0.4) is 0 Å². The predicted molar refractivity (Wildman–Crippen MR) is 71.1 cm³/mol. The molecule has 0 spiro atoms. The lowest BCUT2D eigenvalue weighted by Crippen LogP contribution is -2.36. The Kier molecular flexibility index (Phi) is 3.12.